The van der Waals surface area contributed by atoms with Gasteiger partial charge in [0.15, 0.2) is 33.3 Å². The molecule has 0 saturated heterocycles. The monoisotopic (exact) mass is 434 g/mol. The van der Waals surface area contributed by atoms with Gasteiger partial charge in [-0.15, -0.1) is 0 Å². The molecule has 0 fully saturated rings. The van der Waals surface area contributed by atoms with Crippen molar-refractivity contribution < 1.29 is 19.2 Å². The molecule has 21 heavy (non-hydrogen) atoms. The van der Waals surface area contributed by atoms with Gasteiger partial charge in [-0.25, -0.2) is 0 Å². The SMILES string of the molecule is C[Si](C)(C)O.C[Si](C)(C)O.C[Si](C)(C)O.C[Si](C)(C)O.[Ge]. The third kappa shape index (κ3) is 5040. The van der Waals surface area contributed by atoms with Crippen molar-refractivity contribution in [2.45, 2.75) is 78.6 Å². The normalized spacial score (nSPS) is 11.4. The molecule has 4 nitrogen and oxygen atoms in total. The summed E-state index contributed by atoms with van der Waals surface area (Å²) in [6, 6.07) is 0. The maximum absolute atomic E-state index is 8.66. The van der Waals surface area contributed by atoms with Crippen LogP contribution in [0.4, 0.5) is 0 Å². The van der Waals surface area contributed by atoms with Crippen LogP contribution in [0.5, 0.6) is 0 Å². The number of rotatable bonds is 0. The molecule has 9 heteroatoms. The standard InChI is InChI=1S/4C3H10OSi.Ge/c4*1-5(2,3)4;/h4*4H,1-3H3;. The fourth-order valence-electron chi connectivity index (χ4n) is 0. The van der Waals surface area contributed by atoms with E-state index in [4.69, 9.17) is 19.2 Å². The molecule has 0 heterocycles. The van der Waals surface area contributed by atoms with Gasteiger partial charge in [0.2, 0.25) is 0 Å². The summed E-state index contributed by atoms with van der Waals surface area (Å²) in [7, 11) is -6.44. The van der Waals surface area contributed by atoms with Crippen LogP contribution in [0.15, 0.2) is 0 Å². The zero-order valence-electron chi connectivity index (χ0n) is 16.3. The van der Waals surface area contributed by atoms with Gasteiger partial charge in [0, 0.05) is 17.6 Å². The van der Waals surface area contributed by atoms with Crippen LogP contribution >= 0.6 is 0 Å². The van der Waals surface area contributed by atoms with Crippen LogP contribution in [0, 0.1) is 0 Å². The quantitative estimate of drug-likeness (QED) is 0.443. The second-order valence-corrected chi connectivity index (χ2v) is 26.0. The van der Waals surface area contributed by atoms with Gasteiger partial charge in [0.25, 0.3) is 0 Å². The van der Waals surface area contributed by atoms with Crippen LogP contribution < -0.4 is 0 Å². The second-order valence-electron chi connectivity index (χ2n) is 8.68. The molecule has 0 aromatic rings. The van der Waals surface area contributed by atoms with Crippen molar-refractivity contribution in [2.75, 3.05) is 0 Å². The Bertz CT molecular complexity index is 143. The van der Waals surface area contributed by atoms with Crippen molar-refractivity contribution in [2.24, 2.45) is 0 Å². The summed E-state index contributed by atoms with van der Waals surface area (Å²) in [5.41, 5.74) is 0. The zero-order valence-corrected chi connectivity index (χ0v) is 22.4. The minimum atomic E-state index is -1.61. The van der Waals surface area contributed by atoms with Gasteiger partial charge in [-0.2, -0.15) is 0 Å². The summed E-state index contributed by atoms with van der Waals surface area (Å²) in [5.74, 6) is 0. The average Bonchev–Trinajstić information content (AvgIpc) is 1.62. The first-order valence-corrected chi connectivity index (χ1v) is 20.7. The van der Waals surface area contributed by atoms with E-state index in [1.165, 1.54) is 0 Å². The third-order valence-corrected chi connectivity index (χ3v) is 0. The van der Waals surface area contributed by atoms with Crippen molar-refractivity contribution in [3.8, 4) is 0 Å². The van der Waals surface area contributed by atoms with Crippen LogP contribution in [0.1, 0.15) is 0 Å². The van der Waals surface area contributed by atoms with Gasteiger partial charge in [-0.1, -0.05) is 0 Å². The first kappa shape index (κ1) is 33.8. The molecule has 0 unspecified atom stereocenters. The molecule has 0 saturated carbocycles. The fraction of sp³-hybridized carbons (Fsp3) is 1.00. The Hall–Kier alpha value is 1.25. The number of hydrogen-bond acceptors (Lipinski definition) is 4. The molecule has 0 amide bonds. The molecular formula is C12H40GeO4Si4. The first-order chi connectivity index (χ1) is 8.00. The van der Waals surface area contributed by atoms with Crippen LogP contribution in [0.25, 0.3) is 0 Å². The summed E-state index contributed by atoms with van der Waals surface area (Å²) in [4.78, 5) is 34.6. The summed E-state index contributed by atoms with van der Waals surface area (Å²) in [6.45, 7) is 22.6. The Morgan fingerprint density at radius 3 is 0.333 bits per heavy atom. The Morgan fingerprint density at radius 1 is 0.333 bits per heavy atom. The van der Waals surface area contributed by atoms with Crippen LogP contribution in [-0.2, 0) is 0 Å². The predicted molar refractivity (Wildman–Crippen MR) is 108 cm³/mol. The van der Waals surface area contributed by atoms with Gasteiger partial charge in [-0.3, -0.25) is 0 Å². The molecule has 0 atom stereocenters. The molecular weight excluding hydrogens is 393 g/mol. The Kier molecular flexibility index (Phi) is 22.0. The maximum Gasteiger partial charge on any atom is 0.179 e. The van der Waals surface area contributed by atoms with E-state index in [1.807, 2.05) is 78.6 Å². The molecule has 4 N–H and O–H groups in total. The van der Waals surface area contributed by atoms with E-state index in [0.717, 1.165) is 0 Å². The summed E-state index contributed by atoms with van der Waals surface area (Å²) >= 11 is 0. The maximum atomic E-state index is 8.66. The van der Waals surface area contributed by atoms with Gasteiger partial charge in [0.1, 0.15) is 0 Å². The van der Waals surface area contributed by atoms with Gasteiger partial charge in [0.05, 0.1) is 0 Å². The first-order valence-electron chi connectivity index (χ1n) is 6.89. The van der Waals surface area contributed by atoms with Crippen LogP contribution in [0.3, 0.4) is 0 Å². The predicted octanol–water partition coefficient (Wildman–Crippen LogP) is 2.87. The third-order valence-electron chi connectivity index (χ3n) is 0. The Labute approximate surface area is 148 Å². The van der Waals surface area contributed by atoms with Crippen molar-refractivity contribution >= 4 is 50.9 Å². The Balaban J connectivity index is -0.0000000533. The van der Waals surface area contributed by atoms with E-state index in [-0.39, 0.29) is 17.6 Å². The van der Waals surface area contributed by atoms with Crippen molar-refractivity contribution in [3.05, 3.63) is 0 Å². The van der Waals surface area contributed by atoms with Crippen molar-refractivity contribution in [1.29, 1.82) is 0 Å². The molecule has 0 bridgehead atoms. The van der Waals surface area contributed by atoms with E-state index >= 15 is 0 Å². The minimum Gasteiger partial charge on any atom is -0.433 e. The smallest absolute Gasteiger partial charge is 0.179 e. The molecule has 0 aliphatic carbocycles. The molecule has 0 aromatic carbocycles. The van der Waals surface area contributed by atoms with Gasteiger partial charge < -0.3 is 19.2 Å². The zero-order chi connectivity index (χ0) is 18.0. The summed E-state index contributed by atoms with van der Waals surface area (Å²) in [6.07, 6.45) is 0. The van der Waals surface area contributed by atoms with Gasteiger partial charge in [-0.05, 0) is 78.6 Å². The summed E-state index contributed by atoms with van der Waals surface area (Å²) < 4.78 is 0. The molecule has 0 rings (SSSR count). The van der Waals surface area contributed by atoms with Gasteiger partial charge >= 0.3 is 0 Å². The molecule has 4 radical (unpaired) electrons. The molecule has 132 valence electrons. The average molecular weight is 433 g/mol. The number of hydrogen-bond donors (Lipinski definition) is 4. The topological polar surface area (TPSA) is 80.9 Å². The Morgan fingerprint density at radius 2 is 0.333 bits per heavy atom. The van der Waals surface area contributed by atoms with E-state index in [1.54, 1.807) is 0 Å². The minimum absolute atomic E-state index is 0. The largest absolute Gasteiger partial charge is 0.433 e. The molecule has 0 aromatic heterocycles. The van der Waals surface area contributed by atoms with Crippen molar-refractivity contribution in [3.63, 3.8) is 0 Å². The summed E-state index contributed by atoms with van der Waals surface area (Å²) in [5, 5.41) is 0. The van der Waals surface area contributed by atoms with E-state index < -0.39 is 33.3 Å². The molecule has 0 aliphatic heterocycles. The van der Waals surface area contributed by atoms with E-state index in [0.29, 0.717) is 0 Å². The molecule has 0 aliphatic rings. The van der Waals surface area contributed by atoms with E-state index in [9.17, 15) is 0 Å². The van der Waals surface area contributed by atoms with Crippen LogP contribution in [0.2, 0.25) is 78.6 Å². The van der Waals surface area contributed by atoms with Crippen molar-refractivity contribution in [1.82, 2.24) is 0 Å². The second kappa shape index (κ2) is 13.7. The molecule has 0 spiro atoms. The van der Waals surface area contributed by atoms with E-state index in [2.05, 4.69) is 0 Å². The van der Waals surface area contributed by atoms with Crippen LogP contribution in [-0.4, -0.2) is 70.0 Å². The fourth-order valence-corrected chi connectivity index (χ4v) is 0.